The highest BCUT2D eigenvalue weighted by atomic mass is 16.5. The molecule has 0 bridgehead atoms. The lowest BCUT2D eigenvalue weighted by atomic mass is 10.2. The van der Waals surface area contributed by atoms with Gasteiger partial charge < -0.3 is 10.1 Å². The number of para-hydroxylation sites is 1. The van der Waals surface area contributed by atoms with Crippen LogP contribution in [-0.2, 0) is 6.54 Å². The number of carbonyl (C=O) groups excluding carboxylic acids is 1. The number of hydrogen-bond acceptors (Lipinski definition) is 3. The molecular weight excluding hydrogens is 348 g/mol. The molecule has 0 aromatic heterocycles. The fourth-order valence-electron chi connectivity index (χ4n) is 3.50. The van der Waals surface area contributed by atoms with E-state index in [2.05, 4.69) is 34.5 Å². The fourth-order valence-corrected chi connectivity index (χ4v) is 3.50. The van der Waals surface area contributed by atoms with Crippen molar-refractivity contribution in [2.75, 3.05) is 13.1 Å². The molecule has 1 saturated heterocycles. The SMILES string of the molecule is O=C(NC1CCN(Cc2ccccc2)C1)c1ccc(Oc2ccccc2)cc1. The van der Waals surface area contributed by atoms with Crippen LogP contribution in [0.4, 0.5) is 0 Å². The minimum Gasteiger partial charge on any atom is -0.457 e. The highest BCUT2D eigenvalue weighted by molar-refractivity contribution is 5.94. The molecule has 1 aliphatic rings. The Labute approximate surface area is 165 Å². The van der Waals surface area contributed by atoms with E-state index in [9.17, 15) is 4.79 Å². The second-order valence-corrected chi connectivity index (χ2v) is 7.12. The lowest BCUT2D eigenvalue weighted by Crippen LogP contribution is -2.36. The first-order chi connectivity index (χ1) is 13.8. The molecule has 1 N–H and O–H groups in total. The summed E-state index contributed by atoms with van der Waals surface area (Å²) >= 11 is 0. The van der Waals surface area contributed by atoms with Crippen LogP contribution in [0.3, 0.4) is 0 Å². The van der Waals surface area contributed by atoms with Gasteiger partial charge in [-0.2, -0.15) is 0 Å². The molecule has 4 heteroatoms. The number of likely N-dealkylation sites (tertiary alicyclic amines) is 1. The van der Waals surface area contributed by atoms with E-state index in [1.54, 1.807) is 0 Å². The average molecular weight is 372 g/mol. The number of amides is 1. The molecule has 0 aliphatic carbocycles. The molecule has 1 aliphatic heterocycles. The van der Waals surface area contributed by atoms with Gasteiger partial charge in [-0.15, -0.1) is 0 Å². The smallest absolute Gasteiger partial charge is 0.251 e. The van der Waals surface area contributed by atoms with Crippen LogP contribution >= 0.6 is 0 Å². The molecule has 1 amide bonds. The van der Waals surface area contributed by atoms with Crippen molar-refractivity contribution < 1.29 is 9.53 Å². The molecule has 1 fully saturated rings. The summed E-state index contributed by atoms with van der Waals surface area (Å²) < 4.78 is 5.78. The molecule has 3 aromatic carbocycles. The molecule has 3 aromatic rings. The number of benzene rings is 3. The quantitative estimate of drug-likeness (QED) is 0.693. The van der Waals surface area contributed by atoms with Gasteiger partial charge in [0.2, 0.25) is 0 Å². The monoisotopic (exact) mass is 372 g/mol. The summed E-state index contributed by atoms with van der Waals surface area (Å²) in [6, 6.07) is 27.5. The Kier molecular flexibility index (Phi) is 5.69. The van der Waals surface area contributed by atoms with Crippen LogP contribution in [0, 0.1) is 0 Å². The van der Waals surface area contributed by atoms with Crippen molar-refractivity contribution in [3.63, 3.8) is 0 Å². The first kappa shape index (κ1) is 18.3. The lowest BCUT2D eigenvalue weighted by molar-refractivity contribution is 0.0937. The Morgan fingerprint density at radius 3 is 2.25 bits per heavy atom. The standard InChI is InChI=1S/C24H24N2O2/c27-24(20-11-13-23(14-12-20)28-22-9-5-2-6-10-22)25-21-15-16-26(18-21)17-19-7-3-1-4-8-19/h1-14,21H,15-18H2,(H,25,27). The van der Waals surface area contributed by atoms with Gasteiger partial charge in [0.25, 0.3) is 5.91 Å². The van der Waals surface area contributed by atoms with Gasteiger partial charge in [0.05, 0.1) is 0 Å². The normalized spacial score (nSPS) is 16.6. The van der Waals surface area contributed by atoms with Crippen molar-refractivity contribution in [2.24, 2.45) is 0 Å². The van der Waals surface area contributed by atoms with Gasteiger partial charge in [0.15, 0.2) is 0 Å². The van der Waals surface area contributed by atoms with Gasteiger partial charge in [-0.25, -0.2) is 0 Å². The zero-order valence-electron chi connectivity index (χ0n) is 15.8. The minimum absolute atomic E-state index is 0.0298. The highest BCUT2D eigenvalue weighted by Crippen LogP contribution is 2.21. The van der Waals surface area contributed by atoms with Crippen molar-refractivity contribution >= 4 is 5.91 Å². The summed E-state index contributed by atoms with van der Waals surface area (Å²) in [6.07, 6.45) is 0.980. The molecule has 4 rings (SSSR count). The van der Waals surface area contributed by atoms with Crippen LogP contribution < -0.4 is 10.1 Å². The third kappa shape index (κ3) is 4.78. The van der Waals surface area contributed by atoms with Gasteiger partial charge in [0, 0.05) is 31.2 Å². The maximum absolute atomic E-state index is 12.6. The van der Waals surface area contributed by atoms with Crippen LogP contribution in [0.25, 0.3) is 0 Å². The first-order valence-electron chi connectivity index (χ1n) is 9.66. The maximum atomic E-state index is 12.6. The Bertz CT molecular complexity index is 895. The van der Waals surface area contributed by atoms with Crippen molar-refractivity contribution in [1.82, 2.24) is 10.2 Å². The number of nitrogens with one attached hydrogen (secondary N) is 1. The van der Waals surface area contributed by atoms with Crippen molar-refractivity contribution in [2.45, 2.75) is 19.0 Å². The van der Waals surface area contributed by atoms with Crippen LogP contribution in [-0.4, -0.2) is 29.9 Å². The second kappa shape index (κ2) is 8.72. The average Bonchev–Trinajstić information content (AvgIpc) is 3.17. The van der Waals surface area contributed by atoms with Gasteiger partial charge in [-0.1, -0.05) is 48.5 Å². The molecule has 1 heterocycles. The summed E-state index contributed by atoms with van der Waals surface area (Å²) in [6.45, 7) is 2.82. The number of carbonyl (C=O) groups is 1. The Balaban J connectivity index is 1.29. The third-order valence-corrected chi connectivity index (χ3v) is 4.95. The van der Waals surface area contributed by atoms with E-state index < -0.39 is 0 Å². The van der Waals surface area contributed by atoms with Crippen LogP contribution in [0.15, 0.2) is 84.9 Å². The van der Waals surface area contributed by atoms with Crippen molar-refractivity contribution in [3.8, 4) is 11.5 Å². The summed E-state index contributed by atoms with van der Waals surface area (Å²) in [5, 5.41) is 3.16. The van der Waals surface area contributed by atoms with E-state index in [0.717, 1.165) is 37.6 Å². The van der Waals surface area contributed by atoms with Crippen molar-refractivity contribution in [1.29, 1.82) is 0 Å². The fraction of sp³-hybridized carbons (Fsp3) is 0.208. The predicted molar refractivity (Wildman–Crippen MR) is 111 cm³/mol. The number of rotatable bonds is 6. The molecular formula is C24H24N2O2. The summed E-state index contributed by atoms with van der Waals surface area (Å²) in [5.41, 5.74) is 1.96. The van der Waals surface area contributed by atoms with E-state index in [1.165, 1.54) is 5.56 Å². The summed E-state index contributed by atoms with van der Waals surface area (Å²) in [7, 11) is 0. The van der Waals surface area contributed by atoms with Crippen LogP contribution in [0.5, 0.6) is 11.5 Å². The van der Waals surface area contributed by atoms with Crippen LogP contribution in [0.1, 0.15) is 22.3 Å². The zero-order valence-corrected chi connectivity index (χ0v) is 15.8. The third-order valence-electron chi connectivity index (χ3n) is 4.95. The van der Waals surface area contributed by atoms with Gasteiger partial charge in [-0.05, 0) is 48.4 Å². The molecule has 0 saturated carbocycles. The van der Waals surface area contributed by atoms with Gasteiger partial charge >= 0.3 is 0 Å². The highest BCUT2D eigenvalue weighted by Gasteiger charge is 2.24. The number of hydrogen-bond donors (Lipinski definition) is 1. The lowest BCUT2D eigenvalue weighted by Gasteiger charge is -2.17. The Hall–Kier alpha value is -3.11. The summed E-state index contributed by atoms with van der Waals surface area (Å²) in [5.74, 6) is 1.47. The van der Waals surface area contributed by atoms with Crippen molar-refractivity contribution in [3.05, 3.63) is 96.1 Å². The molecule has 4 nitrogen and oxygen atoms in total. The topological polar surface area (TPSA) is 41.6 Å². The Morgan fingerprint density at radius 2 is 1.54 bits per heavy atom. The number of ether oxygens (including phenoxy) is 1. The number of nitrogens with zero attached hydrogens (tertiary/aromatic N) is 1. The second-order valence-electron chi connectivity index (χ2n) is 7.12. The molecule has 0 spiro atoms. The van der Waals surface area contributed by atoms with E-state index in [1.807, 2.05) is 60.7 Å². The van der Waals surface area contributed by atoms with Gasteiger partial charge in [-0.3, -0.25) is 9.69 Å². The van der Waals surface area contributed by atoms with E-state index in [-0.39, 0.29) is 11.9 Å². The molecule has 1 unspecified atom stereocenters. The maximum Gasteiger partial charge on any atom is 0.251 e. The molecule has 28 heavy (non-hydrogen) atoms. The van der Waals surface area contributed by atoms with Gasteiger partial charge in [0.1, 0.15) is 11.5 Å². The summed E-state index contributed by atoms with van der Waals surface area (Å²) in [4.78, 5) is 15.0. The predicted octanol–water partition coefficient (Wildman–Crippen LogP) is 4.48. The molecule has 0 radical (unpaired) electrons. The van der Waals surface area contributed by atoms with Crippen LogP contribution in [0.2, 0.25) is 0 Å². The largest absolute Gasteiger partial charge is 0.457 e. The molecule has 142 valence electrons. The molecule has 1 atom stereocenters. The van der Waals surface area contributed by atoms with E-state index in [4.69, 9.17) is 4.74 Å². The van der Waals surface area contributed by atoms with E-state index in [0.29, 0.717) is 5.56 Å². The minimum atomic E-state index is -0.0298. The zero-order chi connectivity index (χ0) is 19.2. The van der Waals surface area contributed by atoms with E-state index >= 15 is 0 Å². The first-order valence-corrected chi connectivity index (χ1v) is 9.66. The Morgan fingerprint density at radius 1 is 0.893 bits per heavy atom.